The third-order valence-electron chi connectivity index (χ3n) is 8.37. The van der Waals surface area contributed by atoms with Crippen molar-refractivity contribution in [1.29, 1.82) is 0 Å². The van der Waals surface area contributed by atoms with E-state index in [-0.39, 0.29) is 16.7 Å². The number of allylic oxidation sites excluding steroid dienone is 4. The van der Waals surface area contributed by atoms with Gasteiger partial charge in [0.25, 0.3) is 0 Å². The third kappa shape index (κ3) is 2.64. The van der Waals surface area contributed by atoms with Crippen LogP contribution in [0.3, 0.4) is 0 Å². The number of hydrogen-bond donors (Lipinski definition) is 2. The van der Waals surface area contributed by atoms with Crippen LogP contribution < -0.4 is 5.32 Å². The highest BCUT2D eigenvalue weighted by Crippen LogP contribution is 2.65. The van der Waals surface area contributed by atoms with Crippen molar-refractivity contribution in [3.63, 3.8) is 0 Å². The summed E-state index contributed by atoms with van der Waals surface area (Å²) in [6.07, 6.45) is 11.9. The Hall–Kier alpha value is -0.990. The molecule has 0 aliphatic heterocycles. The maximum atomic E-state index is 11.7. The zero-order chi connectivity index (χ0) is 18.7. The highest BCUT2D eigenvalue weighted by Gasteiger charge is 2.58. The molecule has 2 N–H and O–H groups in total. The second kappa shape index (κ2) is 6.27. The van der Waals surface area contributed by atoms with Crippen molar-refractivity contribution in [3.05, 3.63) is 23.0 Å². The van der Waals surface area contributed by atoms with Gasteiger partial charge in [-0.2, -0.15) is 4.89 Å². The van der Waals surface area contributed by atoms with E-state index in [0.717, 1.165) is 31.0 Å². The quantitative estimate of drug-likeness (QED) is 0.688. The average molecular weight is 376 g/mol. The number of hydrogen-bond acceptors (Lipinski definition) is 2. The summed E-state index contributed by atoms with van der Waals surface area (Å²) in [4.78, 5) is 21.2. The van der Waals surface area contributed by atoms with Crippen LogP contribution in [0.4, 0.5) is 0 Å². The van der Waals surface area contributed by atoms with E-state index in [1.807, 2.05) is 6.08 Å². The van der Waals surface area contributed by atoms with E-state index in [9.17, 15) is 14.3 Å². The van der Waals surface area contributed by atoms with E-state index >= 15 is 0 Å². The largest absolute Gasteiger partial charge is 0.541 e. The summed E-state index contributed by atoms with van der Waals surface area (Å²) < 4.78 is 11.6. The normalized spacial score (nSPS) is 44.8. The molecule has 142 valence electrons. The summed E-state index contributed by atoms with van der Waals surface area (Å²) in [5, 5.41) is 3.95. The number of fused-ring (bicyclic) bond motifs is 5. The Morgan fingerprint density at radius 2 is 2.00 bits per heavy atom. The van der Waals surface area contributed by atoms with E-state index in [4.69, 9.17) is 0 Å². The van der Waals surface area contributed by atoms with Crippen molar-refractivity contribution in [2.45, 2.75) is 71.8 Å². The molecule has 0 saturated heterocycles. The van der Waals surface area contributed by atoms with Crippen LogP contribution in [0.15, 0.2) is 23.0 Å². The van der Waals surface area contributed by atoms with Crippen molar-refractivity contribution in [1.82, 2.24) is 5.32 Å². The van der Waals surface area contributed by atoms with Gasteiger partial charge in [-0.05, 0) is 83.3 Å². The fourth-order valence-corrected chi connectivity index (χ4v) is 7.50. The molecule has 0 bridgehead atoms. The fraction of sp³-hybridized carbons (Fsp3) is 0.762. The van der Waals surface area contributed by atoms with E-state index in [2.05, 4.69) is 25.2 Å². The molecule has 0 aromatic heterocycles. The van der Waals surface area contributed by atoms with Crippen LogP contribution in [0, 0.1) is 28.6 Å². The van der Waals surface area contributed by atoms with Crippen LogP contribution in [0.2, 0.25) is 0 Å². The lowest BCUT2D eigenvalue weighted by Crippen LogP contribution is -2.53. The van der Waals surface area contributed by atoms with Gasteiger partial charge in [0.1, 0.15) is 0 Å². The van der Waals surface area contributed by atoms with Gasteiger partial charge in [-0.1, -0.05) is 19.9 Å². The van der Waals surface area contributed by atoms with Gasteiger partial charge in [-0.15, -0.1) is 0 Å². The van der Waals surface area contributed by atoms with Crippen LogP contribution in [-0.2, 0) is 9.36 Å². The van der Waals surface area contributed by atoms with Crippen LogP contribution in [0.1, 0.15) is 65.7 Å². The highest BCUT2D eigenvalue weighted by molar-refractivity contribution is 7.43. The minimum absolute atomic E-state index is 0.0971. The number of amides is 1. The van der Waals surface area contributed by atoms with E-state index in [1.54, 1.807) is 6.92 Å². The first-order valence-corrected chi connectivity index (χ1v) is 11.3. The first-order chi connectivity index (χ1) is 12.3. The maximum Gasteiger partial charge on any atom is 0.541 e. The molecule has 2 fully saturated rings. The SMILES string of the molecule is CC(=O)N[C@H]1CC[C@H]2[C@@H]3CC=C4C=C([P+](=O)O)CC[C@]4(C)[C@H]3CC[C@]12C. The highest BCUT2D eigenvalue weighted by atomic mass is 31.1. The summed E-state index contributed by atoms with van der Waals surface area (Å²) in [5.41, 5.74) is 1.67. The molecule has 4 aliphatic rings. The molecule has 4 rings (SSSR count). The molecular formula is C21H31NO3P+. The molecule has 0 spiro atoms. The van der Waals surface area contributed by atoms with Gasteiger partial charge in [-0.25, -0.2) is 0 Å². The van der Waals surface area contributed by atoms with Gasteiger partial charge >= 0.3 is 8.03 Å². The van der Waals surface area contributed by atoms with Crippen LogP contribution >= 0.6 is 8.03 Å². The van der Waals surface area contributed by atoms with Crippen LogP contribution in [0.5, 0.6) is 0 Å². The van der Waals surface area contributed by atoms with E-state index in [0.29, 0.717) is 23.8 Å². The molecule has 4 nitrogen and oxygen atoms in total. The first-order valence-electron chi connectivity index (χ1n) is 10.1. The monoisotopic (exact) mass is 376 g/mol. The molecule has 5 heteroatoms. The molecule has 7 atom stereocenters. The zero-order valence-corrected chi connectivity index (χ0v) is 17.0. The second-order valence-corrected chi connectivity index (χ2v) is 10.6. The lowest BCUT2D eigenvalue weighted by molar-refractivity contribution is -0.121. The Kier molecular flexibility index (Phi) is 4.44. The molecule has 26 heavy (non-hydrogen) atoms. The molecule has 0 heterocycles. The van der Waals surface area contributed by atoms with Gasteiger partial charge in [0.05, 0.1) is 0 Å². The molecule has 0 radical (unpaired) electrons. The Balaban J connectivity index is 1.64. The van der Waals surface area contributed by atoms with Gasteiger partial charge in [0.15, 0.2) is 0 Å². The minimum atomic E-state index is -2.19. The average Bonchev–Trinajstić information content (AvgIpc) is 2.90. The van der Waals surface area contributed by atoms with Crippen molar-refractivity contribution in [2.75, 3.05) is 0 Å². The van der Waals surface area contributed by atoms with Crippen molar-refractivity contribution >= 4 is 13.9 Å². The maximum absolute atomic E-state index is 11.7. The number of nitrogens with one attached hydrogen (secondary N) is 1. The molecule has 1 unspecified atom stereocenters. The van der Waals surface area contributed by atoms with Crippen LogP contribution in [0.25, 0.3) is 0 Å². The molecule has 0 aromatic rings. The number of carbonyl (C=O) groups is 1. The number of rotatable bonds is 2. The molecule has 1 amide bonds. The Labute approximate surface area is 157 Å². The lowest BCUT2D eigenvalue weighted by atomic mass is 9.48. The van der Waals surface area contributed by atoms with E-state index < -0.39 is 8.03 Å². The van der Waals surface area contributed by atoms with Crippen molar-refractivity contribution in [3.8, 4) is 0 Å². The van der Waals surface area contributed by atoms with Crippen LogP contribution in [-0.4, -0.2) is 16.8 Å². The standard InChI is InChI=1S/C21H30NO3P/c1-13(23)22-19-7-6-17-16-5-4-14-12-15(26(24)25)8-10-20(14,2)18(16)9-11-21(17,19)3/h4,12,16-19H,5-11H2,1-3H3,(H-,22,23,24,25)/p+1/t16-,17-,18-,19-,20-,21-/m0/s1. The van der Waals surface area contributed by atoms with Gasteiger partial charge in [0.2, 0.25) is 11.2 Å². The summed E-state index contributed by atoms with van der Waals surface area (Å²) in [6.45, 7) is 6.42. The Morgan fingerprint density at radius 3 is 2.69 bits per heavy atom. The predicted molar refractivity (Wildman–Crippen MR) is 103 cm³/mol. The second-order valence-electron chi connectivity index (χ2n) is 9.47. The Bertz CT molecular complexity index is 714. The summed E-state index contributed by atoms with van der Waals surface area (Å²) >= 11 is 0. The van der Waals surface area contributed by atoms with Crippen molar-refractivity contribution < 1.29 is 14.3 Å². The van der Waals surface area contributed by atoms with Gasteiger partial charge in [0, 0.05) is 19.4 Å². The summed E-state index contributed by atoms with van der Waals surface area (Å²) in [7, 11) is -2.19. The Morgan fingerprint density at radius 1 is 1.23 bits per heavy atom. The molecule has 0 aromatic carbocycles. The molecular weight excluding hydrogens is 345 g/mol. The van der Waals surface area contributed by atoms with E-state index in [1.165, 1.54) is 24.8 Å². The number of carbonyl (C=O) groups excluding carboxylic acids is 1. The third-order valence-corrected chi connectivity index (χ3v) is 9.21. The predicted octanol–water partition coefficient (Wildman–Crippen LogP) is 4.68. The first kappa shape index (κ1) is 18.4. The summed E-state index contributed by atoms with van der Waals surface area (Å²) in [6, 6.07) is 0.320. The lowest BCUT2D eigenvalue weighted by Gasteiger charge is -2.56. The fourth-order valence-electron chi connectivity index (χ4n) is 6.94. The van der Waals surface area contributed by atoms with Gasteiger partial charge < -0.3 is 5.32 Å². The minimum Gasteiger partial charge on any atom is -0.353 e. The zero-order valence-electron chi connectivity index (χ0n) is 16.1. The molecule has 2 saturated carbocycles. The van der Waals surface area contributed by atoms with Gasteiger partial charge in [-0.3, -0.25) is 4.79 Å². The molecule has 4 aliphatic carbocycles. The van der Waals surface area contributed by atoms with Crippen molar-refractivity contribution in [2.24, 2.45) is 28.6 Å². The smallest absolute Gasteiger partial charge is 0.353 e. The summed E-state index contributed by atoms with van der Waals surface area (Å²) in [5.74, 6) is 2.11. The topological polar surface area (TPSA) is 66.4 Å².